The van der Waals surface area contributed by atoms with Gasteiger partial charge in [0.15, 0.2) is 5.78 Å². The quantitative estimate of drug-likeness (QED) is 0.748. The van der Waals surface area contributed by atoms with Crippen LogP contribution in [-0.4, -0.2) is 5.78 Å². The minimum Gasteiger partial charge on any atom is -0.355 e. The van der Waals surface area contributed by atoms with E-state index in [2.05, 4.69) is 11.4 Å². The van der Waals surface area contributed by atoms with Gasteiger partial charge in [0.25, 0.3) is 0 Å². The third-order valence-electron chi connectivity index (χ3n) is 4.03. The van der Waals surface area contributed by atoms with Gasteiger partial charge < -0.3 is 5.32 Å². The summed E-state index contributed by atoms with van der Waals surface area (Å²) in [7, 11) is 0. The van der Waals surface area contributed by atoms with Crippen molar-refractivity contribution in [2.24, 2.45) is 0 Å². The van der Waals surface area contributed by atoms with Gasteiger partial charge in [-0.05, 0) is 47.4 Å². The fraction of sp³-hybridized carbons (Fsp3) is 0. The molecule has 0 aliphatic heterocycles. The van der Waals surface area contributed by atoms with Gasteiger partial charge in [-0.1, -0.05) is 30.3 Å². The molecule has 1 N–H and O–H groups in total. The normalized spacial score (nSPS) is 12.2. The van der Waals surface area contributed by atoms with E-state index < -0.39 is 0 Å². The van der Waals surface area contributed by atoms with Crippen LogP contribution in [0.4, 0.5) is 11.4 Å². The molecule has 0 aromatic heterocycles. The lowest BCUT2D eigenvalue weighted by molar-refractivity contribution is 0.104. The zero-order valence-corrected chi connectivity index (χ0v) is 12.2. The van der Waals surface area contributed by atoms with Crippen molar-refractivity contribution < 1.29 is 4.79 Å². The molecule has 3 aromatic carbocycles. The smallest absolute Gasteiger partial charge is 0.188 e. The standard InChI is InChI=1S/C20H12N2O/c21-12-13-4-8-16(9-5-13)22-17-10-6-14-2-1-3-15-7-11-18(23)20(17)19(14)15/h1-11,22H. The summed E-state index contributed by atoms with van der Waals surface area (Å²) in [4.78, 5) is 12.4. The van der Waals surface area contributed by atoms with Crippen LogP contribution in [0, 0.1) is 11.3 Å². The molecular formula is C20H12N2O. The van der Waals surface area contributed by atoms with Crippen LogP contribution < -0.4 is 5.32 Å². The van der Waals surface area contributed by atoms with Crippen LogP contribution in [0.25, 0.3) is 16.8 Å². The molecule has 0 atom stereocenters. The average molecular weight is 296 g/mol. The van der Waals surface area contributed by atoms with Crippen LogP contribution in [0.1, 0.15) is 21.5 Å². The summed E-state index contributed by atoms with van der Waals surface area (Å²) in [5.41, 5.74) is 3.99. The molecule has 1 aliphatic rings. The van der Waals surface area contributed by atoms with E-state index in [1.54, 1.807) is 18.2 Å². The number of benzene rings is 3. The largest absolute Gasteiger partial charge is 0.355 e. The van der Waals surface area contributed by atoms with Crippen LogP contribution in [-0.2, 0) is 0 Å². The van der Waals surface area contributed by atoms with Crippen molar-refractivity contribution in [2.75, 3.05) is 5.32 Å². The predicted molar refractivity (Wildman–Crippen MR) is 91.8 cm³/mol. The average Bonchev–Trinajstić information content (AvgIpc) is 2.60. The second-order valence-corrected chi connectivity index (χ2v) is 5.45. The van der Waals surface area contributed by atoms with Gasteiger partial charge in [0.05, 0.1) is 22.9 Å². The number of nitrogens with zero attached hydrogens (tertiary/aromatic N) is 1. The molecule has 3 heteroatoms. The number of carbonyl (C=O) groups is 1. The maximum absolute atomic E-state index is 12.4. The summed E-state index contributed by atoms with van der Waals surface area (Å²) in [6.07, 6.45) is 3.48. The Morgan fingerprint density at radius 1 is 0.913 bits per heavy atom. The molecular weight excluding hydrogens is 284 g/mol. The Hall–Kier alpha value is -3.38. The molecule has 0 saturated heterocycles. The molecule has 23 heavy (non-hydrogen) atoms. The monoisotopic (exact) mass is 296 g/mol. The fourth-order valence-electron chi connectivity index (χ4n) is 2.94. The van der Waals surface area contributed by atoms with Crippen LogP contribution in [0.15, 0.2) is 60.7 Å². The molecule has 108 valence electrons. The lowest BCUT2D eigenvalue weighted by Crippen LogP contribution is -2.06. The third-order valence-corrected chi connectivity index (χ3v) is 4.03. The number of nitrogens with one attached hydrogen (secondary N) is 1. The highest BCUT2D eigenvalue weighted by Crippen LogP contribution is 2.34. The number of ketones is 1. The molecule has 0 heterocycles. The Balaban J connectivity index is 1.85. The maximum atomic E-state index is 12.4. The first-order valence-electron chi connectivity index (χ1n) is 7.31. The van der Waals surface area contributed by atoms with Crippen molar-refractivity contribution >= 4 is 34.0 Å². The molecule has 0 amide bonds. The van der Waals surface area contributed by atoms with Gasteiger partial charge in [-0.15, -0.1) is 0 Å². The van der Waals surface area contributed by atoms with Crippen molar-refractivity contribution in [1.82, 2.24) is 0 Å². The van der Waals surface area contributed by atoms with Gasteiger partial charge in [-0.2, -0.15) is 5.26 Å². The lowest BCUT2D eigenvalue weighted by Gasteiger charge is -2.17. The zero-order chi connectivity index (χ0) is 15.8. The van der Waals surface area contributed by atoms with Crippen molar-refractivity contribution in [1.29, 1.82) is 5.26 Å². The number of nitriles is 1. The number of allylic oxidation sites excluding steroid dienone is 1. The Morgan fingerprint density at radius 2 is 1.74 bits per heavy atom. The highest BCUT2D eigenvalue weighted by molar-refractivity contribution is 6.23. The summed E-state index contributed by atoms with van der Waals surface area (Å²) in [5, 5.41) is 14.2. The van der Waals surface area contributed by atoms with Crippen LogP contribution in [0.3, 0.4) is 0 Å². The summed E-state index contributed by atoms with van der Waals surface area (Å²) in [6.45, 7) is 0. The lowest BCUT2D eigenvalue weighted by atomic mass is 9.91. The number of rotatable bonds is 2. The van der Waals surface area contributed by atoms with E-state index in [1.165, 1.54) is 0 Å². The minimum absolute atomic E-state index is 0.00504. The highest BCUT2D eigenvalue weighted by atomic mass is 16.1. The van der Waals surface area contributed by atoms with E-state index in [1.807, 2.05) is 48.5 Å². The van der Waals surface area contributed by atoms with E-state index in [0.717, 1.165) is 27.7 Å². The van der Waals surface area contributed by atoms with E-state index >= 15 is 0 Å². The second-order valence-electron chi connectivity index (χ2n) is 5.45. The molecule has 1 aliphatic carbocycles. The van der Waals surface area contributed by atoms with E-state index in [4.69, 9.17) is 5.26 Å². The molecule has 3 nitrogen and oxygen atoms in total. The van der Waals surface area contributed by atoms with Crippen molar-refractivity contribution in [3.8, 4) is 6.07 Å². The number of anilines is 2. The first-order valence-corrected chi connectivity index (χ1v) is 7.31. The van der Waals surface area contributed by atoms with Gasteiger partial charge in [0, 0.05) is 11.1 Å². The zero-order valence-electron chi connectivity index (χ0n) is 12.2. The van der Waals surface area contributed by atoms with Crippen LogP contribution in [0.2, 0.25) is 0 Å². The van der Waals surface area contributed by atoms with Gasteiger partial charge in [-0.25, -0.2) is 0 Å². The first-order chi connectivity index (χ1) is 11.3. The Morgan fingerprint density at radius 3 is 2.52 bits per heavy atom. The second kappa shape index (κ2) is 5.11. The van der Waals surface area contributed by atoms with Gasteiger partial charge >= 0.3 is 0 Å². The Kier molecular flexibility index (Phi) is 2.96. The molecule has 0 bridgehead atoms. The fourth-order valence-corrected chi connectivity index (χ4v) is 2.94. The van der Waals surface area contributed by atoms with Crippen molar-refractivity contribution in [3.63, 3.8) is 0 Å². The molecule has 0 spiro atoms. The van der Waals surface area contributed by atoms with E-state index in [-0.39, 0.29) is 5.78 Å². The van der Waals surface area contributed by atoms with Gasteiger partial charge in [0.1, 0.15) is 0 Å². The van der Waals surface area contributed by atoms with Gasteiger partial charge in [0.2, 0.25) is 0 Å². The summed E-state index contributed by atoms with van der Waals surface area (Å²) >= 11 is 0. The summed E-state index contributed by atoms with van der Waals surface area (Å²) < 4.78 is 0. The number of hydrogen-bond acceptors (Lipinski definition) is 3. The highest BCUT2D eigenvalue weighted by Gasteiger charge is 2.18. The molecule has 0 saturated carbocycles. The molecule has 3 aromatic rings. The molecule has 0 radical (unpaired) electrons. The Labute approximate surface area is 133 Å². The molecule has 0 fully saturated rings. The Bertz CT molecular complexity index is 1010. The van der Waals surface area contributed by atoms with Crippen LogP contribution in [0.5, 0.6) is 0 Å². The predicted octanol–water partition coefficient (Wildman–Crippen LogP) is 4.66. The molecule has 4 rings (SSSR count). The summed E-state index contributed by atoms with van der Waals surface area (Å²) in [6, 6.07) is 19.2. The number of carbonyl (C=O) groups excluding carboxylic acids is 1. The van der Waals surface area contributed by atoms with E-state index in [0.29, 0.717) is 11.1 Å². The van der Waals surface area contributed by atoms with E-state index in [9.17, 15) is 4.79 Å². The maximum Gasteiger partial charge on any atom is 0.188 e. The molecule has 0 unspecified atom stereocenters. The first kappa shape index (κ1) is 13.3. The third kappa shape index (κ3) is 2.18. The topological polar surface area (TPSA) is 52.9 Å². The SMILES string of the molecule is N#Cc1ccc(Nc2ccc3cccc4c3c2C(=O)C=C4)cc1. The van der Waals surface area contributed by atoms with Crippen LogP contribution >= 0.6 is 0 Å². The summed E-state index contributed by atoms with van der Waals surface area (Å²) in [5.74, 6) is 0.00504. The minimum atomic E-state index is 0.00504. The van der Waals surface area contributed by atoms with Crippen molar-refractivity contribution in [2.45, 2.75) is 0 Å². The number of hydrogen-bond donors (Lipinski definition) is 1. The van der Waals surface area contributed by atoms with Gasteiger partial charge in [-0.3, -0.25) is 4.79 Å². The van der Waals surface area contributed by atoms with Crippen molar-refractivity contribution in [3.05, 3.63) is 77.4 Å².